The molecule has 2 amide bonds. The van der Waals surface area contributed by atoms with E-state index in [1.807, 2.05) is 25.1 Å². The Balaban J connectivity index is 1.65. The van der Waals surface area contributed by atoms with Gasteiger partial charge in [0.05, 0.1) is 0 Å². The van der Waals surface area contributed by atoms with E-state index in [4.69, 9.17) is 0 Å². The molecule has 3 aromatic rings. The zero-order valence-electron chi connectivity index (χ0n) is 11.8. The highest BCUT2D eigenvalue weighted by atomic mass is 32.1. The summed E-state index contributed by atoms with van der Waals surface area (Å²) < 4.78 is 0. The van der Waals surface area contributed by atoms with Gasteiger partial charge >= 0.3 is 6.03 Å². The van der Waals surface area contributed by atoms with Crippen LogP contribution in [0.15, 0.2) is 48.2 Å². The second-order valence-electron chi connectivity index (χ2n) is 4.57. The molecule has 0 aromatic carbocycles. The second kappa shape index (κ2) is 6.31. The van der Waals surface area contributed by atoms with Crippen molar-refractivity contribution in [3.05, 3.63) is 53.8 Å². The fourth-order valence-electron chi connectivity index (χ4n) is 1.76. The van der Waals surface area contributed by atoms with E-state index in [9.17, 15) is 4.79 Å². The summed E-state index contributed by atoms with van der Waals surface area (Å²) in [5.74, 6) is 0.995. The predicted octanol–water partition coefficient (Wildman–Crippen LogP) is 3.55. The lowest BCUT2D eigenvalue weighted by Crippen LogP contribution is -2.20. The Labute approximate surface area is 131 Å². The molecule has 3 heterocycles. The van der Waals surface area contributed by atoms with Crippen LogP contribution in [-0.4, -0.2) is 21.0 Å². The smallest absolute Gasteiger partial charge is 0.292 e. The summed E-state index contributed by atoms with van der Waals surface area (Å²) in [6.45, 7) is 1.94. The Kier molecular flexibility index (Phi) is 4.06. The second-order valence-corrected chi connectivity index (χ2v) is 5.43. The summed E-state index contributed by atoms with van der Waals surface area (Å²) in [5.41, 5.74) is 2.00. The summed E-state index contributed by atoms with van der Waals surface area (Å²) in [6, 6.07) is 7.01. The van der Waals surface area contributed by atoms with Crippen molar-refractivity contribution in [2.75, 3.05) is 10.6 Å². The van der Waals surface area contributed by atoms with Crippen molar-refractivity contribution >= 4 is 29.0 Å². The molecule has 0 aliphatic rings. The maximum absolute atomic E-state index is 11.9. The van der Waals surface area contributed by atoms with E-state index in [0.29, 0.717) is 11.6 Å². The van der Waals surface area contributed by atoms with Crippen molar-refractivity contribution in [1.82, 2.24) is 15.0 Å². The quantitative estimate of drug-likeness (QED) is 0.775. The van der Waals surface area contributed by atoms with Crippen LogP contribution >= 0.6 is 11.3 Å². The number of carbonyl (C=O) groups is 1. The third kappa shape index (κ3) is 3.44. The van der Waals surface area contributed by atoms with Crippen molar-refractivity contribution in [1.29, 1.82) is 0 Å². The first-order valence-corrected chi connectivity index (χ1v) is 7.45. The molecule has 3 rings (SSSR count). The van der Waals surface area contributed by atoms with Crippen LogP contribution in [0.3, 0.4) is 0 Å². The number of pyridine rings is 2. The van der Waals surface area contributed by atoms with Gasteiger partial charge in [0.1, 0.15) is 16.6 Å². The fourth-order valence-corrected chi connectivity index (χ4v) is 2.52. The molecule has 0 saturated carbocycles. The Bertz CT molecular complexity index is 770. The first kappa shape index (κ1) is 14.2. The van der Waals surface area contributed by atoms with Crippen molar-refractivity contribution in [3.63, 3.8) is 0 Å². The fraction of sp³-hybridized carbons (Fsp3) is 0.0667. The minimum absolute atomic E-state index is 0.372. The highest BCUT2D eigenvalue weighted by Crippen LogP contribution is 2.25. The zero-order valence-corrected chi connectivity index (χ0v) is 12.6. The van der Waals surface area contributed by atoms with Crippen LogP contribution in [-0.2, 0) is 0 Å². The molecule has 0 fully saturated rings. The molecule has 0 radical (unpaired) electrons. The van der Waals surface area contributed by atoms with Crippen LogP contribution in [0, 0.1) is 6.92 Å². The van der Waals surface area contributed by atoms with Gasteiger partial charge in [-0.3, -0.25) is 15.6 Å². The summed E-state index contributed by atoms with van der Waals surface area (Å²) in [7, 11) is 0. The number of thiazole rings is 1. The molecule has 2 N–H and O–H groups in total. The highest BCUT2D eigenvalue weighted by molar-refractivity contribution is 7.13. The SMILES string of the molecule is Cc1ccc(NC(=O)Nc2csc(-c3ccncc3)n2)nc1. The molecule has 0 saturated heterocycles. The summed E-state index contributed by atoms with van der Waals surface area (Å²) in [5, 5.41) is 7.96. The number of nitrogens with zero attached hydrogens (tertiary/aromatic N) is 3. The number of carbonyl (C=O) groups excluding carboxylic acids is 1. The molecule has 110 valence electrons. The van der Waals surface area contributed by atoms with E-state index < -0.39 is 0 Å². The standard InChI is InChI=1S/C15H13N5OS/c1-10-2-3-12(17-8-10)19-15(21)20-13-9-22-14(18-13)11-4-6-16-7-5-11/h2-9H,1H3,(H2,17,19,20,21). The van der Waals surface area contributed by atoms with Crippen LogP contribution in [0.1, 0.15) is 5.56 Å². The minimum Gasteiger partial charge on any atom is -0.292 e. The number of aromatic nitrogens is 3. The monoisotopic (exact) mass is 311 g/mol. The van der Waals surface area contributed by atoms with E-state index >= 15 is 0 Å². The Morgan fingerprint density at radius 1 is 1.09 bits per heavy atom. The molecule has 0 spiro atoms. The van der Waals surface area contributed by atoms with Crippen molar-refractivity contribution in [3.8, 4) is 10.6 Å². The molecule has 22 heavy (non-hydrogen) atoms. The van der Waals surface area contributed by atoms with Gasteiger partial charge in [-0.1, -0.05) is 6.07 Å². The number of rotatable bonds is 3. The van der Waals surface area contributed by atoms with Crippen molar-refractivity contribution in [2.24, 2.45) is 0 Å². The van der Waals surface area contributed by atoms with Crippen LogP contribution < -0.4 is 10.6 Å². The molecule has 0 bridgehead atoms. The largest absolute Gasteiger partial charge is 0.326 e. The molecule has 0 unspecified atom stereocenters. The number of nitrogens with one attached hydrogen (secondary N) is 2. The molecule has 0 aliphatic carbocycles. The van der Waals surface area contributed by atoms with Gasteiger partial charge in [-0.25, -0.2) is 14.8 Å². The Hall–Kier alpha value is -2.80. The van der Waals surface area contributed by atoms with Gasteiger partial charge < -0.3 is 0 Å². The van der Waals surface area contributed by atoms with Crippen LogP contribution in [0.2, 0.25) is 0 Å². The van der Waals surface area contributed by atoms with Gasteiger partial charge in [0.15, 0.2) is 0 Å². The van der Waals surface area contributed by atoms with Crippen LogP contribution in [0.5, 0.6) is 0 Å². The average Bonchev–Trinajstić information content (AvgIpc) is 2.99. The number of aryl methyl sites for hydroxylation is 1. The first-order chi connectivity index (χ1) is 10.7. The number of hydrogen-bond donors (Lipinski definition) is 2. The lowest BCUT2D eigenvalue weighted by atomic mass is 10.3. The van der Waals surface area contributed by atoms with Gasteiger partial charge in [-0.15, -0.1) is 11.3 Å². The Morgan fingerprint density at radius 3 is 2.59 bits per heavy atom. The first-order valence-electron chi connectivity index (χ1n) is 6.57. The van der Waals surface area contributed by atoms with E-state index in [1.54, 1.807) is 30.0 Å². The predicted molar refractivity (Wildman–Crippen MR) is 87.0 cm³/mol. The zero-order chi connectivity index (χ0) is 15.4. The maximum Gasteiger partial charge on any atom is 0.326 e. The van der Waals surface area contributed by atoms with E-state index in [-0.39, 0.29) is 6.03 Å². The van der Waals surface area contributed by atoms with Crippen LogP contribution in [0.25, 0.3) is 10.6 Å². The number of hydrogen-bond acceptors (Lipinski definition) is 5. The number of urea groups is 1. The third-order valence-corrected chi connectivity index (χ3v) is 3.72. The number of amides is 2. The van der Waals surface area contributed by atoms with Gasteiger partial charge in [0.2, 0.25) is 0 Å². The Morgan fingerprint density at radius 2 is 1.86 bits per heavy atom. The lowest BCUT2D eigenvalue weighted by Gasteiger charge is -2.04. The third-order valence-electron chi connectivity index (χ3n) is 2.83. The van der Waals surface area contributed by atoms with Crippen LogP contribution in [0.4, 0.5) is 16.4 Å². The summed E-state index contributed by atoms with van der Waals surface area (Å²) in [6.07, 6.45) is 5.11. The molecule has 6 nitrogen and oxygen atoms in total. The minimum atomic E-state index is -0.372. The molecule has 7 heteroatoms. The molecule has 0 aliphatic heterocycles. The summed E-state index contributed by atoms with van der Waals surface area (Å²) >= 11 is 1.46. The molecule has 3 aromatic heterocycles. The average molecular weight is 311 g/mol. The van der Waals surface area contributed by atoms with Crippen molar-refractivity contribution < 1.29 is 4.79 Å². The normalized spacial score (nSPS) is 10.2. The van der Waals surface area contributed by atoms with E-state index in [0.717, 1.165) is 16.1 Å². The molecular weight excluding hydrogens is 298 g/mol. The van der Waals surface area contributed by atoms with E-state index in [2.05, 4.69) is 25.6 Å². The molecule has 0 atom stereocenters. The summed E-state index contributed by atoms with van der Waals surface area (Å²) in [4.78, 5) is 24.4. The van der Waals surface area contributed by atoms with Gasteiger partial charge in [0, 0.05) is 29.5 Å². The highest BCUT2D eigenvalue weighted by Gasteiger charge is 2.08. The van der Waals surface area contributed by atoms with Gasteiger partial charge in [-0.05, 0) is 30.7 Å². The van der Waals surface area contributed by atoms with Gasteiger partial charge in [-0.2, -0.15) is 0 Å². The molecular formula is C15H13N5OS. The maximum atomic E-state index is 11.9. The number of anilines is 2. The topological polar surface area (TPSA) is 79.8 Å². The lowest BCUT2D eigenvalue weighted by molar-refractivity contribution is 0.262. The van der Waals surface area contributed by atoms with E-state index in [1.165, 1.54) is 11.3 Å². The van der Waals surface area contributed by atoms with Crippen molar-refractivity contribution in [2.45, 2.75) is 6.92 Å². The van der Waals surface area contributed by atoms with Gasteiger partial charge in [0.25, 0.3) is 0 Å².